The molecule has 0 amide bonds. The number of anilines is 1. The van der Waals surface area contributed by atoms with Crippen molar-refractivity contribution in [3.8, 4) is 0 Å². The van der Waals surface area contributed by atoms with Crippen molar-refractivity contribution in [3.63, 3.8) is 0 Å². The van der Waals surface area contributed by atoms with E-state index in [2.05, 4.69) is 22.1 Å². The van der Waals surface area contributed by atoms with E-state index in [1.54, 1.807) is 0 Å². The molecule has 0 spiro atoms. The van der Waals surface area contributed by atoms with E-state index in [0.29, 0.717) is 6.04 Å². The molecular weight excluding hydrogens is 274 g/mol. The predicted molar refractivity (Wildman–Crippen MR) is 83.2 cm³/mol. The van der Waals surface area contributed by atoms with E-state index in [9.17, 15) is 5.11 Å². The molecule has 0 saturated carbocycles. The molecule has 0 radical (unpaired) electrons. The standard InChI is InChI=1S/C15H24ClN3O/c1-2-17-15-7-6-13(16)14(18-15)11-19-9-4-3-5-12(19)8-10-20/h6-7,12,20H,2-5,8-11H2,1H3,(H,17,18). The molecule has 1 aromatic rings. The maximum atomic E-state index is 9.19. The summed E-state index contributed by atoms with van der Waals surface area (Å²) in [5, 5.41) is 13.1. The zero-order valence-corrected chi connectivity index (χ0v) is 12.9. The first kappa shape index (κ1) is 15.5. The Morgan fingerprint density at radius 3 is 3.05 bits per heavy atom. The number of halogens is 1. The quantitative estimate of drug-likeness (QED) is 0.848. The van der Waals surface area contributed by atoms with Crippen molar-refractivity contribution in [1.29, 1.82) is 0 Å². The second-order valence-electron chi connectivity index (χ2n) is 5.29. The van der Waals surface area contributed by atoms with Crippen LogP contribution in [0.25, 0.3) is 0 Å². The maximum absolute atomic E-state index is 9.19. The van der Waals surface area contributed by atoms with Gasteiger partial charge in [-0.15, -0.1) is 0 Å². The van der Waals surface area contributed by atoms with Gasteiger partial charge in [-0.25, -0.2) is 4.98 Å². The number of aliphatic hydroxyl groups excluding tert-OH is 1. The average molecular weight is 298 g/mol. The Kier molecular flexibility index (Phi) is 6.07. The van der Waals surface area contributed by atoms with Crippen LogP contribution in [0.4, 0.5) is 5.82 Å². The molecule has 1 unspecified atom stereocenters. The van der Waals surface area contributed by atoms with Crippen molar-refractivity contribution in [2.75, 3.05) is 25.0 Å². The molecule has 5 heteroatoms. The lowest BCUT2D eigenvalue weighted by Crippen LogP contribution is -2.39. The molecule has 0 aliphatic carbocycles. The van der Waals surface area contributed by atoms with Crippen LogP contribution in [-0.2, 0) is 6.54 Å². The number of hydrogen-bond donors (Lipinski definition) is 2. The van der Waals surface area contributed by atoms with Crippen molar-refractivity contribution >= 4 is 17.4 Å². The summed E-state index contributed by atoms with van der Waals surface area (Å²) in [5.41, 5.74) is 0.926. The number of aliphatic hydroxyl groups is 1. The minimum atomic E-state index is 0.250. The number of nitrogens with one attached hydrogen (secondary N) is 1. The molecule has 0 aromatic carbocycles. The molecule has 4 nitrogen and oxygen atoms in total. The highest BCUT2D eigenvalue weighted by molar-refractivity contribution is 6.31. The van der Waals surface area contributed by atoms with Crippen molar-refractivity contribution < 1.29 is 5.11 Å². The van der Waals surface area contributed by atoms with E-state index in [1.807, 2.05) is 12.1 Å². The van der Waals surface area contributed by atoms with Crippen LogP contribution in [0.3, 0.4) is 0 Å². The van der Waals surface area contributed by atoms with Crippen molar-refractivity contribution in [1.82, 2.24) is 9.88 Å². The molecule has 2 rings (SSSR count). The zero-order chi connectivity index (χ0) is 14.4. The average Bonchev–Trinajstić information content (AvgIpc) is 2.45. The van der Waals surface area contributed by atoms with E-state index in [0.717, 1.165) is 49.0 Å². The fraction of sp³-hybridized carbons (Fsp3) is 0.667. The van der Waals surface area contributed by atoms with Crippen LogP contribution in [0.1, 0.15) is 38.3 Å². The Morgan fingerprint density at radius 2 is 2.30 bits per heavy atom. The van der Waals surface area contributed by atoms with Gasteiger partial charge in [0.2, 0.25) is 0 Å². The van der Waals surface area contributed by atoms with E-state index in [4.69, 9.17) is 11.6 Å². The van der Waals surface area contributed by atoms with Crippen molar-refractivity contribution in [3.05, 3.63) is 22.8 Å². The Bertz CT molecular complexity index is 426. The lowest BCUT2D eigenvalue weighted by atomic mass is 9.99. The minimum absolute atomic E-state index is 0.250. The fourth-order valence-electron chi connectivity index (χ4n) is 2.81. The molecule has 1 aromatic heterocycles. The number of nitrogens with zero attached hydrogens (tertiary/aromatic N) is 2. The molecule has 1 fully saturated rings. The predicted octanol–water partition coefficient (Wildman–Crippen LogP) is 2.90. The fourth-order valence-corrected chi connectivity index (χ4v) is 2.98. The second kappa shape index (κ2) is 7.81. The summed E-state index contributed by atoms with van der Waals surface area (Å²) in [4.78, 5) is 7.01. The second-order valence-corrected chi connectivity index (χ2v) is 5.69. The molecule has 1 aliphatic heterocycles. The van der Waals surface area contributed by atoms with Gasteiger partial charge in [0.05, 0.1) is 10.7 Å². The molecule has 1 aliphatic rings. The highest BCUT2D eigenvalue weighted by atomic mass is 35.5. The largest absolute Gasteiger partial charge is 0.396 e. The molecule has 112 valence electrons. The molecule has 0 bridgehead atoms. The van der Waals surface area contributed by atoms with Gasteiger partial charge in [0.25, 0.3) is 0 Å². The molecular formula is C15H24ClN3O. The maximum Gasteiger partial charge on any atom is 0.126 e. The van der Waals surface area contributed by atoms with Crippen LogP contribution in [0.5, 0.6) is 0 Å². The van der Waals surface area contributed by atoms with Gasteiger partial charge in [0.15, 0.2) is 0 Å². The first-order chi connectivity index (χ1) is 9.74. The Balaban J connectivity index is 2.08. The van der Waals surface area contributed by atoms with Gasteiger partial charge in [-0.05, 0) is 44.9 Å². The summed E-state index contributed by atoms with van der Waals surface area (Å²) in [7, 11) is 0. The third-order valence-electron chi connectivity index (χ3n) is 3.84. The summed E-state index contributed by atoms with van der Waals surface area (Å²) in [6, 6.07) is 4.28. The first-order valence-corrected chi connectivity index (χ1v) is 7.86. The van der Waals surface area contributed by atoms with Crippen LogP contribution < -0.4 is 5.32 Å². The van der Waals surface area contributed by atoms with E-state index in [-0.39, 0.29) is 6.61 Å². The van der Waals surface area contributed by atoms with Crippen molar-refractivity contribution in [2.45, 2.75) is 45.2 Å². The summed E-state index contributed by atoms with van der Waals surface area (Å²) < 4.78 is 0. The minimum Gasteiger partial charge on any atom is -0.396 e. The van der Waals surface area contributed by atoms with Crippen LogP contribution in [0, 0.1) is 0 Å². The molecule has 1 atom stereocenters. The van der Waals surface area contributed by atoms with Crippen LogP contribution in [-0.4, -0.2) is 40.7 Å². The third kappa shape index (κ3) is 4.08. The number of aromatic nitrogens is 1. The molecule has 1 saturated heterocycles. The van der Waals surface area contributed by atoms with Crippen LogP contribution >= 0.6 is 11.6 Å². The zero-order valence-electron chi connectivity index (χ0n) is 12.1. The SMILES string of the molecule is CCNc1ccc(Cl)c(CN2CCCCC2CCO)n1. The number of rotatable bonds is 6. The topological polar surface area (TPSA) is 48.4 Å². The number of pyridine rings is 1. The molecule has 2 N–H and O–H groups in total. The Hall–Kier alpha value is -0.840. The lowest BCUT2D eigenvalue weighted by Gasteiger charge is -2.35. The van der Waals surface area contributed by atoms with Gasteiger partial charge in [0, 0.05) is 25.7 Å². The van der Waals surface area contributed by atoms with Crippen LogP contribution in [0.2, 0.25) is 5.02 Å². The number of hydrogen-bond acceptors (Lipinski definition) is 4. The highest BCUT2D eigenvalue weighted by Gasteiger charge is 2.23. The van der Waals surface area contributed by atoms with Crippen LogP contribution in [0.15, 0.2) is 12.1 Å². The van der Waals surface area contributed by atoms with Gasteiger partial charge in [-0.3, -0.25) is 4.90 Å². The van der Waals surface area contributed by atoms with E-state index in [1.165, 1.54) is 12.8 Å². The van der Waals surface area contributed by atoms with Gasteiger partial charge in [0.1, 0.15) is 5.82 Å². The molecule has 2 heterocycles. The monoisotopic (exact) mass is 297 g/mol. The molecule has 20 heavy (non-hydrogen) atoms. The highest BCUT2D eigenvalue weighted by Crippen LogP contribution is 2.24. The summed E-state index contributed by atoms with van der Waals surface area (Å²) in [6.07, 6.45) is 4.46. The van der Waals surface area contributed by atoms with E-state index < -0.39 is 0 Å². The van der Waals surface area contributed by atoms with Gasteiger partial charge in [-0.2, -0.15) is 0 Å². The Labute approximate surface area is 126 Å². The lowest BCUT2D eigenvalue weighted by molar-refractivity contribution is 0.111. The number of piperidine rings is 1. The third-order valence-corrected chi connectivity index (χ3v) is 4.18. The smallest absolute Gasteiger partial charge is 0.126 e. The summed E-state index contributed by atoms with van der Waals surface area (Å²) in [6.45, 7) is 4.99. The number of likely N-dealkylation sites (tertiary alicyclic amines) is 1. The summed E-state index contributed by atoms with van der Waals surface area (Å²) in [5.74, 6) is 0.877. The van der Waals surface area contributed by atoms with Gasteiger partial charge >= 0.3 is 0 Å². The Morgan fingerprint density at radius 1 is 1.45 bits per heavy atom. The van der Waals surface area contributed by atoms with E-state index >= 15 is 0 Å². The normalized spacial score (nSPS) is 20.1. The van der Waals surface area contributed by atoms with Crippen molar-refractivity contribution in [2.24, 2.45) is 0 Å². The van der Waals surface area contributed by atoms with Gasteiger partial charge < -0.3 is 10.4 Å². The summed E-state index contributed by atoms with van der Waals surface area (Å²) >= 11 is 6.27. The first-order valence-electron chi connectivity index (χ1n) is 7.48. The van der Waals surface area contributed by atoms with Gasteiger partial charge in [-0.1, -0.05) is 18.0 Å².